The number of imidazole rings is 1. The van der Waals surface area contributed by atoms with Gasteiger partial charge in [0.2, 0.25) is 0 Å². The second-order valence-electron chi connectivity index (χ2n) is 8.93. The van der Waals surface area contributed by atoms with Gasteiger partial charge in [0.1, 0.15) is 17.6 Å². The molecule has 2 N–H and O–H groups in total. The summed E-state index contributed by atoms with van der Waals surface area (Å²) in [6.07, 6.45) is 9.14. The van der Waals surface area contributed by atoms with Crippen molar-refractivity contribution in [2.75, 3.05) is 24.5 Å². The van der Waals surface area contributed by atoms with Crippen molar-refractivity contribution >= 4 is 17.0 Å². The zero-order valence-corrected chi connectivity index (χ0v) is 17.6. The zero-order chi connectivity index (χ0) is 20.8. The van der Waals surface area contributed by atoms with Crippen molar-refractivity contribution in [3.8, 4) is 5.75 Å². The molecule has 3 unspecified atom stereocenters. The van der Waals surface area contributed by atoms with Crippen LogP contribution in [0.3, 0.4) is 0 Å². The fourth-order valence-corrected chi connectivity index (χ4v) is 5.48. The number of likely N-dealkylation sites (tertiary alicyclic amines) is 1. The van der Waals surface area contributed by atoms with Gasteiger partial charge in [0, 0.05) is 32.1 Å². The summed E-state index contributed by atoms with van der Waals surface area (Å²) in [5, 5.41) is 9.98. The number of aromatic amines is 1. The third-order valence-corrected chi connectivity index (χ3v) is 7.06. The zero-order valence-electron chi connectivity index (χ0n) is 17.6. The first kappa shape index (κ1) is 19.0. The molecule has 2 aliphatic heterocycles. The number of aliphatic hydroxyl groups excluding tert-OH is 1. The van der Waals surface area contributed by atoms with E-state index in [9.17, 15) is 5.11 Å². The number of ether oxygens (including phenoxy) is 1. The standard InChI is InChI=1S/C23H28N6O2/c30-17-8-10-28(12-17)16-7-6-15-3-1-4-19(18(15)11-16)31-20-5-2-9-29(20)23-21-22(25-13-24-21)26-14-27-23/h1,3-4,13-14,16-17,20,30H,2,5-12H2,(H,24,25,26,27). The van der Waals surface area contributed by atoms with Crippen molar-refractivity contribution in [2.24, 2.45) is 0 Å². The fraction of sp³-hybridized carbons (Fsp3) is 0.522. The number of benzene rings is 1. The number of aryl methyl sites for hydroxylation is 1. The first-order valence-electron chi connectivity index (χ1n) is 11.4. The number of anilines is 1. The van der Waals surface area contributed by atoms with Crippen LogP contribution in [0, 0.1) is 0 Å². The van der Waals surface area contributed by atoms with Gasteiger partial charge in [0.25, 0.3) is 0 Å². The molecule has 1 aliphatic carbocycles. The van der Waals surface area contributed by atoms with Gasteiger partial charge in [0.05, 0.1) is 12.4 Å². The topological polar surface area (TPSA) is 90.4 Å². The van der Waals surface area contributed by atoms with E-state index < -0.39 is 0 Å². The van der Waals surface area contributed by atoms with Crippen molar-refractivity contribution in [3.63, 3.8) is 0 Å². The smallest absolute Gasteiger partial charge is 0.182 e. The van der Waals surface area contributed by atoms with Gasteiger partial charge in [-0.1, -0.05) is 12.1 Å². The van der Waals surface area contributed by atoms with E-state index in [2.05, 4.69) is 47.9 Å². The second kappa shape index (κ2) is 7.76. The molecular formula is C23H28N6O2. The van der Waals surface area contributed by atoms with E-state index in [0.717, 1.165) is 75.2 Å². The molecule has 4 heterocycles. The largest absolute Gasteiger partial charge is 0.470 e. The predicted molar refractivity (Wildman–Crippen MR) is 117 cm³/mol. The van der Waals surface area contributed by atoms with Crippen LogP contribution >= 0.6 is 0 Å². The molecule has 31 heavy (non-hydrogen) atoms. The maximum atomic E-state index is 9.98. The molecule has 0 spiro atoms. The van der Waals surface area contributed by atoms with Crippen LogP contribution in [0.4, 0.5) is 5.82 Å². The minimum Gasteiger partial charge on any atom is -0.470 e. The quantitative estimate of drug-likeness (QED) is 0.669. The first-order valence-corrected chi connectivity index (χ1v) is 11.4. The van der Waals surface area contributed by atoms with Crippen LogP contribution in [-0.4, -0.2) is 68.0 Å². The van der Waals surface area contributed by atoms with Crippen molar-refractivity contribution in [3.05, 3.63) is 42.0 Å². The summed E-state index contributed by atoms with van der Waals surface area (Å²) in [5.74, 6) is 1.85. The molecule has 8 heteroatoms. The van der Waals surface area contributed by atoms with E-state index in [1.165, 1.54) is 11.1 Å². The van der Waals surface area contributed by atoms with E-state index >= 15 is 0 Å². The molecule has 1 aromatic carbocycles. The predicted octanol–water partition coefficient (Wildman–Crippen LogP) is 2.28. The lowest BCUT2D eigenvalue weighted by molar-refractivity contribution is 0.151. The van der Waals surface area contributed by atoms with Gasteiger partial charge in [-0.25, -0.2) is 15.0 Å². The number of hydrogen-bond acceptors (Lipinski definition) is 7. The maximum Gasteiger partial charge on any atom is 0.182 e. The summed E-state index contributed by atoms with van der Waals surface area (Å²) in [5.41, 5.74) is 4.28. The number of β-amino-alcohol motifs (C(OH)–C–C–N with tert-alkyl or cyclic N) is 1. The Kier molecular flexibility index (Phi) is 4.76. The molecule has 0 radical (unpaired) electrons. The normalized spacial score (nSPS) is 26.5. The Labute approximate surface area is 181 Å². The highest BCUT2D eigenvalue weighted by Gasteiger charge is 2.33. The number of hydrogen-bond donors (Lipinski definition) is 2. The Morgan fingerprint density at radius 1 is 1.10 bits per heavy atom. The SMILES string of the molecule is OC1CCN(C2CCc3cccc(OC4CCCN4c4ncnc5nc[nH]c45)c3C2)C1. The van der Waals surface area contributed by atoms with E-state index in [1.54, 1.807) is 12.7 Å². The summed E-state index contributed by atoms with van der Waals surface area (Å²) < 4.78 is 6.66. The van der Waals surface area contributed by atoms with E-state index in [-0.39, 0.29) is 12.3 Å². The molecule has 162 valence electrons. The van der Waals surface area contributed by atoms with E-state index in [0.29, 0.717) is 11.7 Å². The van der Waals surface area contributed by atoms with Crippen LogP contribution < -0.4 is 9.64 Å². The Bertz CT molecular complexity index is 1080. The van der Waals surface area contributed by atoms with Crippen LogP contribution in [0.5, 0.6) is 5.75 Å². The Morgan fingerprint density at radius 3 is 2.97 bits per heavy atom. The van der Waals surface area contributed by atoms with Crippen LogP contribution in [0.15, 0.2) is 30.9 Å². The van der Waals surface area contributed by atoms with Gasteiger partial charge in [-0.05, 0) is 49.3 Å². The van der Waals surface area contributed by atoms with E-state index in [1.807, 2.05) is 0 Å². The summed E-state index contributed by atoms with van der Waals surface area (Å²) in [6, 6.07) is 6.95. The molecule has 8 nitrogen and oxygen atoms in total. The minimum absolute atomic E-state index is 0.0538. The highest BCUT2D eigenvalue weighted by Crippen LogP contribution is 2.36. The van der Waals surface area contributed by atoms with Gasteiger partial charge in [0.15, 0.2) is 17.7 Å². The van der Waals surface area contributed by atoms with Gasteiger partial charge in [-0.15, -0.1) is 0 Å². The summed E-state index contributed by atoms with van der Waals surface area (Å²) in [4.78, 5) is 20.9. The molecule has 0 saturated carbocycles. The number of rotatable bonds is 4. The molecule has 2 fully saturated rings. The number of nitrogens with zero attached hydrogens (tertiary/aromatic N) is 5. The number of aliphatic hydroxyl groups is 1. The van der Waals surface area contributed by atoms with Crippen molar-refractivity contribution < 1.29 is 9.84 Å². The van der Waals surface area contributed by atoms with Crippen molar-refractivity contribution in [1.29, 1.82) is 0 Å². The molecular weight excluding hydrogens is 392 g/mol. The molecule has 3 aliphatic rings. The number of aromatic nitrogens is 4. The minimum atomic E-state index is -0.174. The molecule has 2 aromatic heterocycles. The summed E-state index contributed by atoms with van der Waals surface area (Å²) in [7, 11) is 0. The maximum absolute atomic E-state index is 9.98. The number of fused-ring (bicyclic) bond motifs is 2. The third-order valence-electron chi connectivity index (χ3n) is 7.06. The average molecular weight is 421 g/mol. The van der Waals surface area contributed by atoms with Crippen LogP contribution in [0.2, 0.25) is 0 Å². The molecule has 3 atom stereocenters. The molecule has 2 saturated heterocycles. The fourth-order valence-electron chi connectivity index (χ4n) is 5.48. The van der Waals surface area contributed by atoms with Gasteiger partial charge >= 0.3 is 0 Å². The third kappa shape index (κ3) is 3.43. The van der Waals surface area contributed by atoms with Gasteiger partial charge in [-0.3, -0.25) is 4.90 Å². The van der Waals surface area contributed by atoms with Gasteiger partial charge in [-0.2, -0.15) is 0 Å². The lowest BCUT2D eigenvalue weighted by atomic mass is 9.87. The monoisotopic (exact) mass is 420 g/mol. The molecule has 3 aromatic rings. The summed E-state index contributed by atoms with van der Waals surface area (Å²) >= 11 is 0. The first-order chi connectivity index (χ1) is 15.3. The van der Waals surface area contributed by atoms with Crippen LogP contribution in [-0.2, 0) is 12.8 Å². The average Bonchev–Trinajstić information content (AvgIpc) is 3.54. The Morgan fingerprint density at radius 2 is 2.06 bits per heavy atom. The lowest BCUT2D eigenvalue weighted by Crippen LogP contribution is -2.39. The highest BCUT2D eigenvalue weighted by atomic mass is 16.5. The van der Waals surface area contributed by atoms with Crippen LogP contribution in [0.1, 0.15) is 36.8 Å². The molecule has 0 amide bonds. The van der Waals surface area contributed by atoms with Crippen LogP contribution in [0.25, 0.3) is 11.2 Å². The number of H-pyrrole nitrogens is 1. The van der Waals surface area contributed by atoms with Crippen molar-refractivity contribution in [2.45, 2.75) is 56.9 Å². The van der Waals surface area contributed by atoms with E-state index in [4.69, 9.17) is 4.74 Å². The van der Waals surface area contributed by atoms with Crippen molar-refractivity contribution in [1.82, 2.24) is 24.8 Å². The molecule has 0 bridgehead atoms. The Hall–Kier alpha value is -2.71. The van der Waals surface area contributed by atoms with Gasteiger partial charge < -0.3 is 19.7 Å². The second-order valence-corrected chi connectivity index (χ2v) is 8.93. The lowest BCUT2D eigenvalue weighted by Gasteiger charge is -2.34. The Balaban J connectivity index is 1.26. The summed E-state index contributed by atoms with van der Waals surface area (Å²) in [6.45, 7) is 2.70. The molecule has 6 rings (SSSR count). The number of nitrogens with one attached hydrogen (secondary N) is 1. The highest BCUT2D eigenvalue weighted by molar-refractivity contribution is 5.82.